The van der Waals surface area contributed by atoms with E-state index in [0.717, 1.165) is 16.7 Å². The van der Waals surface area contributed by atoms with Crippen molar-refractivity contribution in [2.75, 3.05) is 4.90 Å². The van der Waals surface area contributed by atoms with Gasteiger partial charge in [0.25, 0.3) is 11.1 Å². The molecule has 1 aromatic heterocycles. The van der Waals surface area contributed by atoms with Gasteiger partial charge in [-0.25, -0.2) is 4.90 Å². The van der Waals surface area contributed by atoms with Gasteiger partial charge in [-0.05, 0) is 36.0 Å². The van der Waals surface area contributed by atoms with Crippen LogP contribution in [0, 0.1) is 0 Å². The first-order chi connectivity index (χ1) is 9.66. The molecule has 1 saturated heterocycles. The van der Waals surface area contributed by atoms with Gasteiger partial charge in [0.1, 0.15) is 5.76 Å². The second-order valence-electron chi connectivity index (χ2n) is 3.98. The fourth-order valence-corrected chi connectivity index (χ4v) is 2.85. The zero-order valence-electron chi connectivity index (χ0n) is 10.1. The van der Waals surface area contributed by atoms with E-state index in [2.05, 4.69) is 0 Å². The minimum atomic E-state index is -0.399. The summed E-state index contributed by atoms with van der Waals surface area (Å²) in [5.41, 5.74) is 0.388. The van der Waals surface area contributed by atoms with Crippen LogP contribution >= 0.6 is 23.4 Å². The molecule has 20 heavy (non-hydrogen) atoms. The van der Waals surface area contributed by atoms with Crippen molar-refractivity contribution in [3.8, 4) is 0 Å². The summed E-state index contributed by atoms with van der Waals surface area (Å²) in [4.78, 5) is 25.7. The van der Waals surface area contributed by atoms with E-state index in [1.54, 1.807) is 42.5 Å². The van der Waals surface area contributed by atoms with Crippen LogP contribution in [0.1, 0.15) is 5.76 Å². The molecule has 0 atom stereocenters. The topological polar surface area (TPSA) is 50.5 Å². The largest absolute Gasteiger partial charge is 0.465 e. The first kappa shape index (κ1) is 13.0. The zero-order valence-corrected chi connectivity index (χ0v) is 11.6. The van der Waals surface area contributed by atoms with Gasteiger partial charge in [0.05, 0.1) is 21.9 Å². The van der Waals surface area contributed by atoms with Gasteiger partial charge in [-0.2, -0.15) is 0 Å². The Kier molecular flexibility index (Phi) is 3.38. The van der Waals surface area contributed by atoms with Crippen molar-refractivity contribution < 1.29 is 14.0 Å². The van der Waals surface area contributed by atoms with E-state index in [1.165, 1.54) is 6.26 Å². The Morgan fingerprint density at radius 1 is 1.15 bits per heavy atom. The van der Waals surface area contributed by atoms with Gasteiger partial charge in [0, 0.05) is 6.08 Å². The van der Waals surface area contributed by atoms with Crippen LogP contribution in [0.2, 0.25) is 5.02 Å². The van der Waals surface area contributed by atoms with Crippen LogP contribution in [0.5, 0.6) is 0 Å². The molecule has 1 aliphatic rings. The third kappa shape index (κ3) is 2.26. The summed E-state index contributed by atoms with van der Waals surface area (Å²) in [7, 11) is 0. The summed E-state index contributed by atoms with van der Waals surface area (Å²) in [6.45, 7) is 0. The Hall–Kier alpha value is -1.98. The molecule has 1 aromatic carbocycles. The summed E-state index contributed by atoms with van der Waals surface area (Å²) < 4.78 is 5.15. The summed E-state index contributed by atoms with van der Waals surface area (Å²) in [6, 6.07) is 10.2. The van der Waals surface area contributed by atoms with Gasteiger partial charge in [0.15, 0.2) is 0 Å². The molecule has 4 nitrogen and oxygen atoms in total. The lowest BCUT2D eigenvalue weighted by Crippen LogP contribution is -2.27. The van der Waals surface area contributed by atoms with E-state index in [9.17, 15) is 9.59 Å². The molecule has 0 unspecified atom stereocenters. The predicted molar refractivity (Wildman–Crippen MR) is 78.6 cm³/mol. The fraction of sp³-hybridized carbons (Fsp3) is 0. The molecule has 3 rings (SSSR count). The predicted octanol–water partition coefficient (Wildman–Crippen LogP) is 4.17. The number of hydrogen-bond donors (Lipinski definition) is 0. The Morgan fingerprint density at radius 2 is 1.95 bits per heavy atom. The van der Waals surface area contributed by atoms with Crippen molar-refractivity contribution in [3.63, 3.8) is 0 Å². The Balaban J connectivity index is 1.98. The number of carbonyl (C=O) groups is 2. The lowest BCUT2D eigenvalue weighted by atomic mass is 10.3. The molecule has 100 valence electrons. The van der Waals surface area contributed by atoms with Gasteiger partial charge in [-0.1, -0.05) is 23.7 Å². The van der Waals surface area contributed by atoms with E-state index >= 15 is 0 Å². The summed E-state index contributed by atoms with van der Waals surface area (Å²) >= 11 is 6.90. The average Bonchev–Trinajstić information content (AvgIpc) is 3.01. The molecule has 6 heteroatoms. The van der Waals surface area contributed by atoms with Crippen LogP contribution in [0.15, 0.2) is 52.0 Å². The van der Waals surface area contributed by atoms with Gasteiger partial charge in [-0.15, -0.1) is 0 Å². The number of thioether (sulfide) groups is 1. The Morgan fingerprint density at radius 3 is 2.65 bits per heavy atom. The molecule has 2 heterocycles. The van der Waals surface area contributed by atoms with E-state index < -0.39 is 5.91 Å². The van der Waals surface area contributed by atoms with E-state index in [4.69, 9.17) is 16.0 Å². The number of halogens is 1. The third-order valence-electron chi connectivity index (χ3n) is 2.70. The number of para-hydroxylation sites is 1. The van der Waals surface area contributed by atoms with E-state index in [1.807, 2.05) is 0 Å². The van der Waals surface area contributed by atoms with Crippen LogP contribution in [0.3, 0.4) is 0 Å². The molecule has 0 aliphatic carbocycles. The maximum absolute atomic E-state index is 12.3. The minimum Gasteiger partial charge on any atom is -0.465 e. The van der Waals surface area contributed by atoms with Crippen molar-refractivity contribution in [1.29, 1.82) is 0 Å². The molecule has 2 amide bonds. The fourth-order valence-electron chi connectivity index (χ4n) is 1.81. The number of hydrogen-bond acceptors (Lipinski definition) is 4. The van der Waals surface area contributed by atoms with Crippen molar-refractivity contribution in [2.45, 2.75) is 0 Å². The van der Waals surface area contributed by atoms with Crippen LogP contribution < -0.4 is 4.90 Å². The van der Waals surface area contributed by atoms with Crippen molar-refractivity contribution >= 4 is 46.3 Å². The van der Waals surface area contributed by atoms with Crippen molar-refractivity contribution in [2.24, 2.45) is 0 Å². The van der Waals surface area contributed by atoms with E-state index in [0.29, 0.717) is 21.4 Å². The molecule has 0 bridgehead atoms. The van der Waals surface area contributed by atoms with Crippen LogP contribution in [-0.2, 0) is 4.79 Å². The molecular weight excluding hydrogens is 298 g/mol. The standard InChI is InChI=1S/C14H8ClNO3S/c15-10-5-1-2-6-11(10)16-13(17)12(20-14(16)18)8-9-4-3-7-19-9/h1-8H/b12-8-. The summed E-state index contributed by atoms with van der Waals surface area (Å²) in [5, 5.41) is -0.0186. The van der Waals surface area contributed by atoms with E-state index in [-0.39, 0.29) is 5.24 Å². The first-order valence-corrected chi connectivity index (χ1v) is 6.92. The smallest absolute Gasteiger partial charge is 0.298 e. The van der Waals surface area contributed by atoms with Crippen molar-refractivity contribution in [1.82, 2.24) is 0 Å². The SMILES string of the molecule is O=C1S/C(=C\c2ccco2)C(=O)N1c1ccccc1Cl. The average molecular weight is 306 g/mol. The van der Waals surface area contributed by atoms with Crippen LogP contribution in [0.4, 0.5) is 10.5 Å². The number of rotatable bonds is 2. The zero-order chi connectivity index (χ0) is 14.1. The Labute approximate surface area is 124 Å². The molecule has 1 fully saturated rings. The quantitative estimate of drug-likeness (QED) is 0.781. The highest BCUT2D eigenvalue weighted by Gasteiger charge is 2.37. The molecule has 0 N–H and O–H groups in total. The van der Waals surface area contributed by atoms with Crippen LogP contribution in [-0.4, -0.2) is 11.1 Å². The highest BCUT2D eigenvalue weighted by molar-refractivity contribution is 8.19. The number of carbonyl (C=O) groups excluding carboxylic acids is 2. The second-order valence-corrected chi connectivity index (χ2v) is 5.38. The third-order valence-corrected chi connectivity index (χ3v) is 3.89. The number of furan rings is 1. The lowest BCUT2D eigenvalue weighted by molar-refractivity contribution is -0.113. The van der Waals surface area contributed by atoms with Gasteiger partial charge in [-0.3, -0.25) is 9.59 Å². The maximum Gasteiger partial charge on any atom is 0.298 e. The molecule has 2 aromatic rings. The van der Waals surface area contributed by atoms with Crippen LogP contribution in [0.25, 0.3) is 6.08 Å². The summed E-state index contributed by atoms with van der Waals surface area (Å²) in [6.07, 6.45) is 3.05. The second kappa shape index (κ2) is 5.19. The number of nitrogens with zero attached hydrogens (tertiary/aromatic N) is 1. The minimum absolute atomic E-state index is 0.310. The number of benzene rings is 1. The molecular formula is C14H8ClNO3S. The van der Waals surface area contributed by atoms with Crippen molar-refractivity contribution in [3.05, 3.63) is 58.3 Å². The number of amides is 2. The highest BCUT2D eigenvalue weighted by Crippen LogP contribution is 2.38. The maximum atomic E-state index is 12.3. The molecule has 0 spiro atoms. The summed E-state index contributed by atoms with van der Waals surface area (Å²) in [5.74, 6) is 0.124. The molecule has 0 saturated carbocycles. The van der Waals surface area contributed by atoms with Gasteiger partial charge < -0.3 is 4.42 Å². The number of anilines is 1. The van der Waals surface area contributed by atoms with Gasteiger partial charge >= 0.3 is 0 Å². The molecule has 0 radical (unpaired) electrons. The first-order valence-electron chi connectivity index (χ1n) is 5.73. The molecule has 1 aliphatic heterocycles. The monoisotopic (exact) mass is 305 g/mol. The highest BCUT2D eigenvalue weighted by atomic mass is 35.5. The lowest BCUT2D eigenvalue weighted by Gasteiger charge is -2.13. The Bertz CT molecular complexity index is 709. The van der Waals surface area contributed by atoms with Gasteiger partial charge in [0.2, 0.25) is 0 Å². The normalized spacial score (nSPS) is 17.2. The number of imide groups is 1.